The van der Waals surface area contributed by atoms with Crippen LogP contribution in [0.5, 0.6) is 11.5 Å². The average molecular weight is 313 g/mol. The van der Waals surface area contributed by atoms with Crippen molar-refractivity contribution < 1.29 is 9.47 Å². The Morgan fingerprint density at radius 2 is 1.65 bits per heavy atom. The lowest BCUT2D eigenvalue weighted by molar-refractivity contribution is 0.214. The van der Waals surface area contributed by atoms with Crippen LogP contribution in [0.3, 0.4) is 0 Å². The van der Waals surface area contributed by atoms with Gasteiger partial charge in [0.15, 0.2) is 0 Å². The maximum atomic E-state index is 5.95. The van der Waals surface area contributed by atoms with Crippen molar-refractivity contribution in [3.63, 3.8) is 0 Å². The second kappa shape index (κ2) is 8.59. The van der Waals surface area contributed by atoms with Crippen molar-refractivity contribution in [3.8, 4) is 11.5 Å². The molecule has 0 aliphatic carbocycles. The Morgan fingerprint density at radius 3 is 2.35 bits per heavy atom. The van der Waals surface area contributed by atoms with Crippen LogP contribution in [0.25, 0.3) is 0 Å². The van der Waals surface area contributed by atoms with Gasteiger partial charge in [-0.3, -0.25) is 0 Å². The molecule has 2 aromatic carbocycles. The van der Waals surface area contributed by atoms with Crippen LogP contribution in [0.2, 0.25) is 0 Å². The topological polar surface area (TPSA) is 44.5 Å². The summed E-state index contributed by atoms with van der Waals surface area (Å²) in [6.45, 7) is 8.11. The first-order chi connectivity index (χ1) is 11.1. The number of ether oxygens (including phenoxy) is 2. The number of hydrogen-bond acceptors (Lipinski definition) is 3. The lowest BCUT2D eigenvalue weighted by Gasteiger charge is -2.16. The highest BCUT2D eigenvalue weighted by atomic mass is 16.5. The van der Waals surface area contributed by atoms with E-state index in [2.05, 4.69) is 45.0 Å². The minimum absolute atomic E-state index is 0.441. The first kappa shape index (κ1) is 17.4. The highest BCUT2D eigenvalue weighted by molar-refractivity contribution is 5.39. The molecule has 0 radical (unpaired) electrons. The minimum atomic E-state index is 0.441. The first-order valence-electron chi connectivity index (χ1n) is 8.26. The molecule has 2 aromatic rings. The Morgan fingerprint density at radius 1 is 0.957 bits per heavy atom. The number of benzene rings is 2. The van der Waals surface area contributed by atoms with Crippen molar-refractivity contribution in [1.82, 2.24) is 0 Å². The Balaban J connectivity index is 1.92. The minimum Gasteiger partial charge on any atom is -0.490 e. The normalized spacial score (nSPS) is 10.8. The quantitative estimate of drug-likeness (QED) is 0.747. The van der Waals surface area contributed by atoms with Crippen LogP contribution in [-0.2, 0) is 6.42 Å². The average Bonchev–Trinajstić information content (AvgIpc) is 2.53. The molecule has 0 heterocycles. The highest BCUT2D eigenvalue weighted by Gasteiger charge is 2.08. The second-order valence-electron chi connectivity index (χ2n) is 6.04. The smallest absolute Gasteiger partial charge is 0.123 e. The molecule has 0 amide bonds. The summed E-state index contributed by atoms with van der Waals surface area (Å²) in [6, 6.07) is 14.4. The van der Waals surface area contributed by atoms with Crippen LogP contribution >= 0.6 is 0 Å². The van der Waals surface area contributed by atoms with E-state index in [-0.39, 0.29) is 0 Å². The zero-order valence-electron chi connectivity index (χ0n) is 14.3. The summed E-state index contributed by atoms with van der Waals surface area (Å²) in [5, 5.41) is 0. The maximum Gasteiger partial charge on any atom is 0.123 e. The van der Waals surface area contributed by atoms with Gasteiger partial charge >= 0.3 is 0 Å². The Kier molecular flexibility index (Phi) is 6.48. The molecule has 3 nitrogen and oxygen atoms in total. The van der Waals surface area contributed by atoms with Gasteiger partial charge in [0.2, 0.25) is 0 Å². The van der Waals surface area contributed by atoms with Crippen molar-refractivity contribution in [2.24, 2.45) is 5.73 Å². The number of para-hydroxylation sites is 1. The van der Waals surface area contributed by atoms with Gasteiger partial charge in [-0.15, -0.1) is 0 Å². The molecular formula is C20H27NO2. The van der Waals surface area contributed by atoms with Crippen LogP contribution in [0, 0.1) is 6.92 Å². The predicted molar refractivity (Wildman–Crippen MR) is 95.5 cm³/mol. The third kappa shape index (κ3) is 5.00. The standard InChI is InChI=1S/C20H27NO2/c1-15(2)18-9-8-16(3)14-20(18)23-13-12-22-19-7-5-4-6-17(19)10-11-21/h4-9,14-15H,10-13,21H2,1-3H3. The predicted octanol–water partition coefficient (Wildman–Crippen LogP) is 4.08. The van der Waals surface area contributed by atoms with Gasteiger partial charge in [0.05, 0.1) is 0 Å². The zero-order valence-corrected chi connectivity index (χ0v) is 14.3. The molecule has 0 unspecified atom stereocenters. The summed E-state index contributed by atoms with van der Waals surface area (Å²) in [4.78, 5) is 0. The lowest BCUT2D eigenvalue weighted by Crippen LogP contribution is -2.12. The fourth-order valence-corrected chi connectivity index (χ4v) is 2.55. The van der Waals surface area contributed by atoms with Crippen LogP contribution in [0.1, 0.15) is 36.5 Å². The highest BCUT2D eigenvalue weighted by Crippen LogP contribution is 2.27. The fourth-order valence-electron chi connectivity index (χ4n) is 2.55. The van der Waals surface area contributed by atoms with Gasteiger partial charge in [-0.05, 0) is 54.6 Å². The molecule has 3 heteroatoms. The van der Waals surface area contributed by atoms with Crippen molar-refractivity contribution in [1.29, 1.82) is 0 Å². The number of nitrogens with two attached hydrogens (primary N) is 1. The Hall–Kier alpha value is -2.00. The fraction of sp³-hybridized carbons (Fsp3) is 0.400. The van der Waals surface area contributed by atoms with Gasteiger partial charge in [-0.2, -0.15) is 0 Å². The van der Waals surface area contributed by atoms with Crippen molar-refractivity contribution in [2.45, 2.75) is 33.1 Å². The van der Waals surface area contributed by atoms with E-state index >= 15 is 0 Å². The van der Waals surface area contributed by atoms with E-state index in [4.69, 9.17) is 15.2 Å². The molecule has 2 rings (SSSR count). The summed E-state index contributed by atoms with van der Waals surface area (Å²) < 4.78 is 11.8. The van der Waals surface area contributed by atoms with Crippen molar-refractivity contribution in [2.75, 3.05) is 19.8 Å². The molecule has 0 bridgehead atoms. The van der Waals surface area contributed by atoms with Crippen LogP contribution < -0.4 is 15.2 Å². The second-order valence-corrected chi connectivity index (χ2v) is 6.04. The molecule has 0 saturated heterocycles. The van der Waals surface area contributed by atoms with E-state index in [1.165, 1.54) is 11.1 Å². The molecule has 124 valence electrons. The molecule has 0 saturated carbocycles. The molecule has 0 aliphatic rings. The zero-order chi connectivity index (χ0) is 16.7. The van der Waals surface area contributed by atoms with E-state index in [0.717, 1.165) is 23.5 Å². The van der Waals surface area contributed by atoms with E-state index in [1.54, 1.807) is 0 Å². The van der Waals surface area contributed by atoms with Crippen LogP contribution in [0.4, 0.5) is 0 Å². The van der Waals surface area contributed by atoms with Crippen LogP contribution in [0.15, 0.2) is 42.5 Å². The Labute approximate surface area is 139 Å². The summed E-state index contributed by atoms with van der Waals surface area (Å²) >= 11 is 0. The molecule has 0 spiro atoms. The van der Waals surface area contributed by atoms with Crippen molar-refractivity contribution in [3.05, 3.63) is 59.2 Å². The monoisotopic (exact) mass is 313 g/mol. The largest absolute Gasteiger partial charge is 0.490 e. The molecule has 23 heavy (non-hydrogen) atoms. The maximum absolute atomic E-state index is 5.95. The lowest BCUT2D eigenvalue weighted by atomic mass is 10.0. The van der Waals surface area contributed by atoms with Gasteiger partial charge in [0.1, 0.15) is 24.7 Å². The number of hydrogen-bond donors (Lipinski definition) is 1. The summed E-state index contributed by atoms with van der Waals surface area (Å²) in [5.41, 5.74) is 9.23. The molecule has 0 aliphatic heterocycles. The van der Waals surface area contributed by atoms with Crippen LogP contribution in [-0.4, -0.2) is 19.8 Å². The SMILES string of the molecule is Cc1ccc(C(C)C)c(OCCOc2ccccc2CCN)c1. The van der Waals surface area contributed by atoms with Gasteiger partial charge in [0.25, 0.3) is 0 Å². The molecular weight excluding hydrogens is 286 g/mol. The van der Waals surface area contributed by atoms with E-state index in [9.17, 15) is 0 Å². The molecule has 0 atom stereocenters. The van der Waals surface area contributed by atoms with E-state index in [0.29, 0.717) is 25.7 Å². The summed E-state index contributed by atoms with van der Waals surface area (Å²) in [7, 11) is 0. The van der Waals surface area contributed by atoms with Crippen molar-refractivity contribution >= 4 is 0 Å². The third-order valence-electron chi connectivity index (χ3n) is 3.78. The van der Waals surface area contributed by atoms with E-state index in [1.807, 2.05) is 18.2 Å². The first-order valence-corrected chi connectivity index (χ1v) is 8.26. The van der Waals surface area contributed by atoms with Gasteiger partial charge in [-0.1, -0.05) is 44.2 Å². The molecule has 2 N–H and O–H groups in total. The van der Waals surface area contributed by atoms with Gasteiger partial charge in [-0.25, -0.2) is 0 Å². The summed E-state index contributed by atoms with van der Waals surface area (Å²) in [5.74, 6) is 2.30. The van der Waals surface area contributed by atoms with Gasteiger partial charge in [0, 0.05) is 0 Å². The summed E-state index contributed by atoms with van der Waals surface area (Å²) in [6.07, 6.45) is 0.826. The third-order valence-corrected chi connectivity index (χ3v) is 3.78. The number of aryl methyl sites for hydroxylation is 1. The van der Waals surface area contributed by atoms with E-state index < -0.39 is 0 Å². The number of rotatable bonds is 8. The molecule has 0 fully saturated rings. The van der Waals surface area contributed by atoms with Gasteiger partial charge < -0.3 is 15.2 Å². The Bertz CT molecular complexity index is 623. The molecule has 0 aromatic heterocycles.